The van der Waals surface area contributed by atoms with E-state index in [9.17, 15) is 13.2 Å². The van der Waals surface area contributed by atoms with Gasteiger partial charge in [-0.2, -0.15) is 4.72 Å². The van der Waals surface area contributed by atoms with Crippen molar-refractivity contribution in [3.8, 4) is 11.5 Å². The van der Waals surface area contributed by atoms with Crippen molar-refractivity contribution < 1.29 is 22.7 Å². The summed E-state index contributed by atoms with van der Waals surface area (Å²) in [5.41, 5.74) is -1.39. The van der Waals surface area contributed by atoms with Crippen LogP contribution in [-0.2, 0) is 14.8 Å². The van der Waals surface area contributed by atoms with Crippen molar-refractivity contribution in [1.82, 2.24) is 9.62 Å². The van der Waals surface area contributed by atoms with Crippen molar-refractivity contribution in [3.63, 3.8) is 0 Å². The van der Waals surface area contributed by atoms with Gasteiger partial charge in [-0.05, 0) is 38.1 Å². The van der Waals surface area contributed by atoms with E-state index in [0.29, 0.717) is 18.1 Å². The number of benzene rings is 1. The monoisotopic (exact) mass is 344 g/mol. The molecule has 0 heterocycles. The minimum absolute atomic E-state index is 0.134. The molecule has 0 bridgehead atoms. The molecule has 1 amide bonds. The molecule has 130 valence electrons. The van der Waals surface area contributed by atoms with Crippen molar-refractivity contribution in [1.29, 1.82) is 0 Å². The smallest absolute Gasteiger partial charge is 0.246 e. The standard InChI is InChI=1S/C15H24N2O5S/c1-6-21-12-7-9-13(10-8-12)22-11-15(2,14(18)17(3)4)16-23(5,19)20/h7-10,16H,6,11H2,1-5H3. The van der Waals surface area contributed by atoms with Crippen LogP contribution in [0.3, 0.4) is 0 Å². The zero-order valence-corrected chi connectivity index (χ0v) is 14.9. The molecule has 1 rings (SSSR count). The minimum Gasteiger partial charge on any atom is -0.494 e. The van der Waals surface area contributed by atoms with Gasteiger partial charge in [0.15, 0.2) is 0 Å². The molecule has 1 unspecified atom stereocenters. The molecule has 0 aliphatic rings. The Balaban J connectivity index is 2.87. The zero-order chi connectivity index (χ0) is 17.7. The number of amides is 1. The maximum atomic E-state index is 12.3. The summed E-state index contributed by atoms with van der Waals surface area (Å²) in [6, 6.07) is 6.89. The number of rotatable bonds is 8. The van der Waals surface area contributed by atoms with Gasteiger partial charge in [0.05, 0.1) is 12.9 Å². The van der Waals surface area contributed by atoms with E-state index in [4.69, 9.17) is 9.47 Å². The van der Waals surface area contributed by atoms with Gasteiger partial charge in [0.2, 0.25) is 15.9 Å². The first-order valence-electron chi connectivity index (χ1n) is 7.14. The van der Waals surface area contributed by atoms with Gasteiger partial charge >= 0.3 is 0 Å². The van der Waals surface area contributed by atoms with E-state index in [-0.39, 0.29) is 6.61 Å². The Kier molecular flexibility index (Phi) is 6.40. The first-order valence-corrected chi connectivity index (χ1v) is 9.03. The second kappa shape index (κ2) is 7.65. The number of carbonyl (C=O) groups excluding carboxylic acids is 1. The molecule has 0 aromatic heterocycles. The molecular weight excluding hydrogens is 320 g/mol. The van der Waals surface area contributed by atoms with Gasteiger partial charge in [-0.15, -0.1) is 0 Å². The maximum Gasteiger partial charge on any atom is 0.246 e. The summed E-state index contributed by atoms with van der Waals surface area (Å²) in [4.78, 5) is 13.6. The van der Waals surface area contributed by atoms with E-state index in [2.05, 4.69) is 4.72 Å². The summed E-state index contributed by atoms with van der Waals surface area (Å²) in [6.45, 7) is 3.81. The van der Waals surface area contributed by atoms with Crippen LogP contribution in [0.2, 0.25) is 0 Å². The quantitative estimate of drug-likeness (QED) is 0.756. The molecule has 1 aromatic carbocycles. The lowest BCUT2D eigenvalue weighted by molar-refractivity contribution is -0.135. The fourth-order valence-electron chi connectivity index (χ4n) is 2.06. The molecule has 0 fully saturated rings. The number of nitrogens with one attached hydrogen (secondary N) is 1. The third-order valence-corrected chi connectivity index (χ3v) is 3.77. The van der Waals surface area contributed by atoms with Crippen LogP contribution in [0, 0.1) is 0 Å². The Bertz CT molecular complexity index is 628. The van der Waals surface area contributed by atoms with Crippen LogP contribution in [0.15, 0.2) is 24.3 Å². The van der Waals surface area contributed by atoms with Gasteiger partial charge in [-0.25, -0.2) is 8.42 Å². The molecule has 1 N–H and O–H groups in total. The number of hydrogen-bond acceptors (Lipinski definition) is 5. The Labute approximate surface area is 137 Å². The zero-order valence-electron chi connectivity index (χ0n) is 14.1. The average molecular weight is 344 g/mol. The Morgan fingerprint density at radius 2 is 1.65 bits per heavy atom. The SMILES string of the molecule is CCOc1ccc(OCC(C)(NS(C)(=O)=O)C(=O)N(C)C)cc1. The third-order valence-electron chi connectivity index (χ3n) is 2.95. The largest absolute Gasteiger partial charge is 0.494 e. The average Bonchev–Trinajstić information content (AvgIpc) is 2.44. The van der Waals surface area contributed by atoms with Crippen molar-refractivity contribution in [2.24, 2.45) is 0 Å². The second-order valence-electron chi connectivity index (χ2n) is 5.60. The summed E-state index contributed by atoms with van der Waals surface area (Å²) >= 11 is 0. The highest BCUT2D eigenvalue weighted by molar-refractivity contribution is 7.88. The lowest BCUT2D eigenvalue weighted by Crippen LogP contribution is -2.59. The van der Waals surface area contributed by atoms with Crippen LogP contribution in [0.5, 0.6) is 11.5 Å². The van der Waals surface area contributed by atoms with Crippen LogP contribution in [0.1, 0.15) is 13.8 Å². The third kappa shape index (κ3) is 6.07. The van der Waals surface area contributed by atoms with Gasteiger partial charge in [-0.3, -0.25) is 4.79 Å². The highest BCUT2D eigenvalue weighted by Crippen LogP contribution is 2.19. The molecule has 1 atom stereocenters. The van der Waals surface area contributed by atoms with Gasteiger partial charge in [0.1, 0.15) is 23.6 Å². The molecule has 0 saturated carbocycles. The fraction of sp³-hybridized carbons (Fsp3) is 0.533. The van der Waals surface area contributed by atoms with Crippen molar-refractivity contribution in [2.75, 3.05) is 33.6 Å². The summed E-state index contributed by atoms with van der Waals surface area (Å²) in [5, 5.41) is 0. The van der Waals surface area contributed by atoms with Crippen molar-refractivity contribution in [2.45, 2.75) is 19.4 Å². The van der Waals surface area contributed by atoms with E-state index in [1.807, 2.05) is 6.92 Å². The van der Waals surface area contributed by atoms with E-state index in [0.717, 1.165) is 6.26 Å². The van der Waals surface area contributed by atoms with Gasteiger partial charge in [0, 0.05) is 14.1 Å². The first-order chi connectivity index (χ1) is 10.6. The lowest BCUT2D eigenvalue weighted by Gasteiger charge is -2.31. The molecule has 0 aliphatic heterocycles. The second-order valence-corrected chi connectivity index (χ2v) is 7.35. The minimum atomic E-state index is -3.58. The van der Waals surface area contributed by atoms with Gasteiger partial charge < -0.3 is 14.4 Å². The Morgan fingerprint density at radius 3 is 2.04 bits per heavy atom. The van der Waals surface area contributed by atoms with Crippen LogP contribution in [0.25, 0.3) is 0 Å². The van der Waals surface area contributed by atoms with Gasteiger partial charge in [-0.1, -0.05) is 0 Å². The summed E-state index contributed by atoms with van der Waals surface area (Å²) in [6.07, 6.45) is 1.01. The number of hydrogen-bond donors (Lipinski definition) is 1. The molecule has 8 heteroatoms. The highest BCUT2D eigenvalue weighted by atomic mass is 32.2. The molecule has 0 saturated heterocycles. The van der Waals surface area contributed by atoms with E-state index >= 15 is 0 Å². The lowest BCUT2D eigenvalue weighted by atomic mass is 10.0. The molecule has 0 spiro atoms. The number of nitrogens with zero attached hydrogens (tertiary/aromatic N) is 1. The summed E-state index contributed by atoms with van der Waals surface area (Å²) < 4.78 is 36.4. The van der Waals surface area contributed by atoms with E-state index in [1.165, 1.54) is 11.8 Å². The van der Waals surface area contributed by atoms with Crippen molar-refractivity contribution >= 4 is 15.9 Å². The fourth-order valence-corrected chi connectivity index (χ4v) is 3.03. The first kappa shape index (κ1) is 19.2. The molecule has 0 aliphatic carbocycles. The van der Waals surface area contributed by atoms with E-state index in [1.54, 1.807) is 38.4 Å². The normalized spacial score (nSPS) is 14.0. The van der Waals surface area contributed by atoms with Gasteiger partial charge in [0.25, 0.3) is 0 Å². The van der Waals surface area contributed by atoms with Crippen LogP contribution in [-0.4, -0.2) is 58.3 Å². The van der Waals surface area contributed by atoms with Crippen LogP contribution in [0.4, 0.5) is 0 Å². The number of carbonyl (C=O) groups is 1. The predicted octanol–water partition coefficient (Wildman–Crippen LogP) is 0.860. The summed E-state index contributed by atoms with van der Waals surface area (Å²) in [7, 11) is -0.462. The Morgan fingerprint density at radius 1 is 1.17 bits per heavy atom. The van der Waals surface area contributed by atoms with Crippen LogP contribution < -0.4 is 14.2 Å². The molecule has 0 radical (unpaired) electrons. The van der Waals surface area contributed by atoms with Crippen LogP contribution >= 0.6 is 0 Å². The van der Waals surface area contributed by atoms with Crippen molar-refractivity contribution in [3.05, 3.63) is 24.3 Å². The molecule has 7 nitrogen and oxygen atoms in total. The number of ether oxygens (including phenoxy) is 2. The highest BCUT2D eigenvalue weighted by Gasteiger charge is 2.38. The maximum absolute atomic E-state index is 12.3. The Hall–Kier alpha value is -1.80. The number of likely N-dealkylation sites (N-methyl/N-ethyl adjacent to an activating group) is 1. The summed E-state index contributed by atoms with van der Waals surface area (Å²) in [5.74, 6) is 0.830. The number of sulfonamides is 1. The topological polar surface area (TPSA) is 84.9 Å². The van der Waals surface area contributed by atoms with E-state index < -0.39 is 21.5 Å². The molecular formula is C15H24N2O5S. The predicted molar refractivity (Wildman–Crippen MR) is 88.2 cm³/mol. The molecule has 1 aromatic rings. The molecule has 23 heavy (non-hydrogen) atoms.